The minimum atomic E-state index is -0.329. The predicted molar refractivity (Wildman–Crippen MR) is 100 cm³/mol. The number of benzene rings is 2. The molecule has 2 heterocycles. The molecule has 0 radical (unpaired) electrons. The molecule has 2 aromatic heterocycles. The Hall–Kier alpha value is -2.44. The zero-order valence-corrected chi connectivity index (χ0v) is 14.8. The van der Waals surface area contributed by atoms with Crippen LogP contribution in [0.25, 0.3) is 22.1 Å². The van der Waals surface area contributed by atoms with Gasteiger partial charge in [0.1, 0.15) is 5.52 Å². The molecule has 25 heavy (non-hydrogen) atoms. The number of para-hydroxylation sites is 1. The number of carbonyl (C=O) groups is 1. The molecule has 4 rings (SSSR count). The van der Waals surface area contributed by atoms with E-state index in [-0.39, 0.29) is 11.0 Å². The Bertz CT molecular complexity index is 1080. The van der Waals surface area contributed by atoms with Gasteiger partial charge >= 0.3 is 0 Å². The molecule has 0 saturated carbocycles. The number of aromatic amines is 1. The molecule has 4 aromatic rings. The highest BCUT2D eigenvalue weighted by Gasteiger charge is 2.19. The van der Waals surface area contributed by atoms with Gasteiger partial charge in [0.25, 0.3) is 0 Å². The van der Waals surface area contributed by atoms with E-state index in [1.807, 2.05) is 31.2 Å². The average Bonchev–Trinajstić information content (AvgIpc) is 2.99. The van der Waals surface area contributed by atoms with Crippen molar-refractivity contribution >= 4 is 51.2 Å². The molecule has 7 heteroatoms. The topological polar surface area (TPSA) is 71.5 Å². The van der Waals surface area contributed by atoms with Gasteiger partial charge in [-0.3, -0.25) is 4.79 Å². The maximum atomic E-state index is 12.5. The van der Waals surface area contributed by atoms with Gasteiger partial charge in [-0.1, -0.05) is 41.6 Å². The van der Waals surface area contributed by atoms with Gasteiger partial charge < -0.3 is 4.98 Å². The van der Waals surface area contributed by atoms with E-state index in [2.05, 4.69) is 20.2 Å². The number of hydrogen-bond acceptors (Lipinski definition) is 5. The van der Waals surface area contributed by atoms with Gasteiger partial charge in [-0.2, -0.15) is 0 Å². The first kappa shape index (κ1) is 16.1. The lowest BCUT2D eigenvalue weighted by Crippen LogP contribution is -2.14. The molecule has 124 valence electrons. The van der Waals surface area contributed by atoms with Crippen LogP contribution < -0.4 is 0 Å². The third kappa shape index (κ3) is 3.10. The van der Waals surface area contributed by atoms with E-state index in [0.29, 0.717) is 21.4 Å². The highest BCUT2D eigenvalue weighted by atomic mass is 35.5. The van der Waals surface area contributed by atoms with Gasteiger partial charge in [0, 0.05) is 21.5 Å². The van der Waals surface area contributed by atoms with Gasteiger partial charge in [-0.15, -0.1) is 10.2 Å². The van der Waals surface area contributed by atoms with Crippen LogP contribution in [-0.4, -0.2) is 31.2 Å². The van der Waals surface area contributed by atoms with Crippen LogP contribution in [0, 0.1) is 0 Å². The average molecular weight is 369 g/mol. The summed E-state index contributed by atoms with van der Waals surface area (Å²) in [6, 6.07) is 14.7. The molecular formula is C18H13ClN4OS. The normalized spacial score (nSPS) is 12.6. The fourth-order valence-corrected chi connectivity index (χ4v) is 3.53. The summed E-state index contributed by atoms with van der Waals surface area (Å²) in [5.41, 5.74) is 2.98. The van der Waals surface area contributed by atoms with E-state index in [1.165, 1.54) is 11.8 Å². The molecule has 0 saturated heterocycles. The Balaban J connectivity index is 1.60. The standard InChI is InChI=1S/C18H13ClN4OS/c1-10(16(24)11-6-8-12(19)9-7-11)25-18-21-17-15(22-23-18)13-4-2-3-5-14(13)20-17/h2-10H,1H3,(H,20,21,23)/t10-/m1/s1. The summed E-state index contributed by atoms with van der Waals surface area (Å²) >= 11 is 7.15. The summed E-state index contributed by atoms with van der Waals surface area (Å²) in [6.45, 7) is 1.83. The molecule has 5 nitrogen and oxygen atoms in total. The highest BCUT2D eigenvalue weighted by Crippen LogP contribution is 2.26. The van der Waals surface area contributed by atoms with E-state index >= 15 is 0 Å². The first-order valence-corrected chi connectivity index (χ1v) is 8.95. The molecule has 0 bridgehead atoms. The number of halogens is 1. The van der Waals surface area contributed by atoms with Crippen molar-refractivity contribution in [1.29, 1.82) is 0 Å². The number of nitrogens with one attached hydrogen (secondary N) is 1. The SMILES string of the molecule is C[C@@H](Sc1nnc2c(n1)[nH]c1ccccc12)C(=O)c1ccc(Cl)cc1. The number of hydrogen-bond donors (Lipinski definition) is 1. The monoisotopic (exact) mass is 368 g/mol. The molecule has 0 aliphatic rings. The summed E-state index contributed by atoms with van der Waals surface area (Å²) in [4.78, 5) is 20.3. The second kappa shape index (κ2) is 6.46. The molecule has 1 atom stereocenters. The van der Waals surface area contributed by atoms with Crippen LogP contribution >= 0.6 is 23.4 Å². The fourth-order valence-electron chi connectivity index (χ4n) is 2.62. The van der Waals surface area contributed by atoms with Crippen LogP contribution in [-0.2, 0) is 0 Å². The number of nitrogens with zero attached hydrogens (tertiary/aromatic N) is 3. The summed E-state index contributed by atoms with van der Waals surface area (Å²) in [5.74, 6) is 0.00186. The van der Waals surface area contributed by atoms with E-state index in [0.717, 1.165) is 16.4 Å². The number of fused-ring (bicyclic) bond motifs is 3. The number of aromatic nitrogens is 4. The first-order chi connectivity index (χ1) is 12.1. The Morgan fingerprint density at radius 3 is 2.68 bits per heavy atom. The second-order valence-electron chi connectivity index (χ2n) is 5.59. The lowest BCUT2D eigenvalue weighted by Gasteiger charge is -2.08. The van der Waals surface area contributed by atoms with Gasteiger partial charge in [0.2, 0.25) is 5.16 Å². The van der Waals surface area contributed by atoms with Crippen LogP contribution in [0.15, 0.2) is 53.7 Å². The van der Waals surface area contributed by atoms with Gasteiger partial charge in [0.15, 0.2) is 11.4 Å². The summed E-state index contributed by atoms with van der Waals surface area (Å²) in [7, 11) is 0. The second-order valence-corrected chi connectivity index (χ2v) is 7.34. The summed E-state index contributed by atoms with van der Waals surface area (Å²) in [6.07, 6.45) is 0. The van der Waals surface area contributed by atoms with Crippen molar-refractivity contribution in [2.45, 2.75) is 17.3 Å². The van der Waals surface area contributed by atoms with Crippen molar-refractivity contribution in [2.24, 2.45) is 0 Å². The molecule has 1 N–H and O–H groups in total. The largest absolute Gasteiger partial charge is 0.338 e. The lowest BCUT2D eigenvalue weighted by molar-refractivity contribution is 0.0994. The molecule has 0 unspecified atom stereocenters. The number of ketones is 1. The molecule has 0 amide bonds. The summed E-state index contributed by atoms with van der Waals surface area (Å²) < 4.78 is 0. The van der Waals surface area contributed by atoms with Crippen LogP contribution in [0.4, 0.5) is 0 Å². The van der Waals surface area contributed by atoms with E-state index in [1.54, 1.807) is 24.3 Å². The van der Waals surface area contributed by atoms with Crippen molar-refractivity contribution in [3.8, 4) is 0 Å². The Labute approximate surface area is 152 Å². The highest BCUT2D eigenvalue weighted by molar-refractivity contribution is 8.00. The smallest absolute Gasteiger partial charge is 0.211 e. The van der Waals surface area contributed by atoms with Gasteiger partial charge in [-0.05, 0) is 37.3 Å². The van der Waals surface area contributed by atoms with Crippen molar-refractivity contribution < 1.29 is 4.79 Å². The van der Waals surface area contributed by atoms with Gasteiger partial charge in [0.05, 0.1) is 5.25 Å². The van der Waals surface area contributed by atoms with Crippen molar-refractivity contribution in [2.75, 3.05) is 0 Å². The molecular weight excluding hydrogens is 356 g/mol. The van der Waals surface area contributed by atoms with E-state index in [9.17, 15) is 4.79 Å². The summed E-state index contributed by atoms with van der Waals surface area (Å²) in [5, 5.41) is 10.2. The zero-order chi connectivity index (χ0) is 17.4. The minimum Gasteiger partial charge on any atom is -0.338 e. The Morgan fingerprint density at radius 2 is 1.88 bits per heavy atom. The number of thioether (sulfide) groups is 1. The van der Waals surface area contributed by atoms with Crippen molar-refractivity contribution in [3.63, 3.8) is 0 Å². The van der Waals surface area contributed by atoms with Crippen LogP contribution in [0.3, 0.4) is 0 Å². The quantitative estimate of drug-likeness (QED) is 0.423. The molecule has 0 aliphatic carbocycles. The van der Waals surface area contributed by atoms with Crippen LogP contribution in [0.5, 0.6) is 0 Å². The predicted octanol–water partition coefficient (Wildman–Crippen LogP) is 4.52. The number of H-pyrrole nitrogens is 1. The maximum absolute atomic E-state index is 12.5. The first-order valence-electron chi connectivity index (χ1n) is 7.69. The van der Waals surface area contributed by atoms with Crippen LogP contribution in [0.2, 0.25) is 5.02 Å². The van der Waals surface area contributed by atoms with Crippen molar-refractivity contribution in [1.82, 2.24) is 20.2 Å². The lowest BCUT2D eigenvalue weighted by atomic mass is 10.1. The molecule has 2 aromatic carbocycles. The number of carbonyl (C=O) groups excluding carboxylic acids is 1. The molecule has 0 aliphatic heterocycles. The Kier molecular flexibility index (Phi) is 4.15. The van der Waals surface area contributed by atoms with E-state index < -0.39 is 0 Å². The van der Waals surface area contributed by atoms with E-state index in [4.69, 9.17) is 11.6 Å². The third-order valence-corrected chi connectivity index (χ3v) is 5.09. The fraction of sp³-hybridized carbons (Fsp3) is 0.111. The molecule has 0 fully saturated rings. The third-order valence-electron chi connectivity index (χ3n) is 3.88. The zero-order valence-electron chi connectivity index (χ0n) is 13.2. The van der Waals surface area contributed by atoms with Crippen LogP contribution in [0.1, 0.15) is 17.3 Å². The van der Waals surface area contributed by atoms with Crippen molar-refractivity contribution in [3.05, 3.63) is 59.1 Å². The number of Topliss-reactive ketones (excluding diaryl/α,β-unsaturated/α-hetero) is 1. The molecule has 0 spiro atoms. The van der Waals surface area contributed by atoms with Gasteiger partial charge in [-0.25, -0.2) is 4.98 Å². The minimum absolute atomic E-state index is 0.00186. The maximum Gasteiger partial charge on any atom is 0.211 e. The Morgan fingerprint density at radius 1 is 1.12 bits per heavy atom. The number of rotatable bonds is 4.